The number of nitrogens with zero attached hydrogens (tertiary/aromatic N) is 1. The van der Waals surface area contributed by atoms with Crippen molar-refractivity contribution < 1.29 is 34.7 Å². The fourth-order valence-electron chi connectivity index (χ4n) is 4.35. The molecule has 1 saturated carbocycles. The fraction of sp³-hybridized carbons (Fsp3) is 0.950. The van der Waals surface area contributed by atoms with Gasteiger partial charge in [-0.1, -0.05) is 13.3 Å². The molecule has 2 unspecified atom stereocenters. The molecule has 0 aromatic carbocycles. The summed E-state index contributed by atoms with van der Waals surface area (Å²) < 4.78 is 11.0. The van der Waals surface area contributed by atoms with Crippen molar-refractivity contribution >= 4 is 5.91 Å². The number of rotatable bonds is 10. The van der Waals surface area contributed by atoms with Gasteiger partial charge in [0.25, 0.3) is 0 Å². The molecule has 2 aliphatic rings. The molecule has 1 saturated heterocycles. The predicted octanol–water partition coefficient (Wildman–Crippen LogP) is -0.0897. The SMILES string of the molecule is COC[C@@H]1C[C@@H](O)CN1C(=O)CCCCCO[C@@H]1CC(CO)[C@H](O)[C@H](O)C1C. The van der Waals surface area contributed by atoms with Crippen molar-refractivity contribution in [1.29, 1.82) is 0 Å². The summed E-state index contributed by atoms with van der Waals surface area (Å²) in [5.41, 5.74) is 0. The summed E-state index contributed by atoms with van der Waals surface area (Å²) in [5.74, 6) is -0.480. The number of aliphatic hydroxyl groups excluding tert-OH is 4. The van der Waals surface area contributed by atoms with Gasteiger partial charge in [-0.05, 0) is 25.7 Å². The smallest absolute Gasteiger partial charge is 0.222 e. The molecule has 7 atom stereocenters. The zero-order valence-corrected chi connectivity index (χ0v) is 17.1. The summed E-state index contributed by atoms with van der Waals surface area (Å²) in [5, 5.41) is 39.2. The third kappa shape index (κ3) is 6.11. The third-order valence-electron chi connectivity index (χ3n) is 6.17. The Labute approximate surface area is 167 Å². The molecular formula is C20H37NO7. The molecule has 0 aromatic heterocycles. The standard InChI is InChI=1S/C20H37NO7/c1-13-17(8-14(11-22)20(26)19(13)25)28-7-5-3-4-6-18(24)21-10-16(23)9-15(21)12-27-2/h13-17,19-20,22-23,25-26H,3-12H2,1-2H3/t13?,14?,15-,16+,17+,19+,20-/m0/s1. The van der Waals surface area contributed by atoms with Crippen LogP contribution in [0.2, 0.25) is 0 Å². The second-order valence-electron chi connectivity index (χ2n) is 8.28. The Balaban J connectivity index is 1.63. The second kappa shape index (κ2) is 11.4. The number of ether oxygens (including phenoxy) is 2. The number of amides is 1. The van der Waals surface area contributed by atoms with Gasteiger partial charge in [-0.2, -0.15) is 0 Å². The Morgan fingerprint density at radius 3 is 2.54 bits per heavy atom. The highest BCUT2D eigenvalue weighted by atomic mass is 16.5. The van der Waals surface area contributed by atoms with E-state index in [1.54, 1.807) is 12.0 Å². The van der Waals surface area contributed by atoms with Crippen LogP contribution in [0.1, 0.15) is 45.4 Å². The van der Waals surface area contributed by atoms with E-state index >= 15 is 0 Å². The number of methoxy groups -OCH3 is 1. The number of hydrogen-bond acceptors (Lipinski definition) is 7. The molecule has 0 bridgehead atoms. The monoisotopic (exact) mass is 403 g/mol. The molecule has 0 radical (unpaired) electrons. The first-order chi connectivity index (χ1) is 13.4. The van der Waals surface area contributed by atoms with Gasteiger partial charge in [-0.25, -0.2) is 0 Å². The number of carbonyl (C=O) groups excluding carboxylic acids is 1. The van der Waals surface area contributed by atoms with Crippen LogP contribution in [-0.4, -0.2) is 95.2 Å². The second-order valence-corrected chi connectivity index (χ2v) is 8.28. The lowest BCUT2D eigenvalue weighted by atomic mass is 9.77. The van der Waals surface area contributed by atoms with Crippen molar-refractivity contribution in [3.8, 4) is 0 Å². The van der Waals surface area contributed by atoms with Crippen molar-refractivity contribution in [1.82, 2.24) is 4.90 Å². The minimum absolute atomic E-state index is 0.0372. The van der Waals surface area contributed by atoms with Gasteiger partial charge in [0.05, 0.1) is 37.1 Å². The average molecular weight is 404 g/mol. The fourth-order valence-corrected chi connectivity index (χ4v) is 4.35. The Bertz CT molecular complexity index is 475. The van der Waals surface area contributed by atoms with Gasteiger partial charge in [0.1, 0.15) is 0 Å². The lowest BCUT2D eigenvalue weighted by Crippen LogP contribution is -2.50. The van der Waals surface area contributed by atoms with Gasteiger partial charge >= 0.3 is 0 Å². The first kappa shape index (κ1) is 23.5. The van der Waals surface area contributed by atoms with Gasteiger partial charge in [0.15, 0.2) is 0 Å². The number of carbonyl (C=O) groups is 1. The molecule has 8 nitrogen and oxygen atoms in total. The lowest BCUT2D eigenvalue weighted by molar-refractivity contribution is -0.144. The predicted molar refractivity (Wildman–Crippen MR) is 103 cm³/mol. The zero-order valence-electron chi connectivity index (χ0n) is 17.1. The Kier molecular flexibility index (Phi) is 9.59. The van der Waals surface area contributed by atoms with Crippen LogP contribution in [-0.2, 0) is 14.3 Å². The molecule has 1 aliphatic heterocycles. The summed E-state index contributed by atoms with van der Waals surface area (Å²) in [6.45, 7) is 3.05. The van der Waals surface area contributed by atoms with E-state index < -0.39 is 18.3 Å². The zero-order chi connectivity index (χ0) is 20.7. The van der Waals surface area contributed by atoms with Crippen molar-refractivity contribution in [2.45, 2.75) is 75.9 Å². The van der Waals surface area contributed by atoms with Crippen molar-refractivity contribution in [2.75, 3.05) is 33.5 Å². The minimum atomic E-state index is -0.906. The van der Waals surface area contributed by atoms with Gasteiger partial charge in [-0.3, -0.25) is 4.79 Å². The Hall–Kier alpha value is -0.770. The van der Waals surface area contributed by atoms with E-state index in [-0.39, 0.29) is 36.5 Å². The van der Waals surface area contributed by atoms with E-state index in [9.17, 15) is 25.2 Å². The van der Waals surface area contributed by atoms with Crippen LogP contribution in [0.25, 0.3) is 0 Å². The van der Waals surface area contributed by atoms with Crippen molar-refractivity contribution in [2.24, 2.45) is 11.8 Å². The number of unbranched alkanes of at least 4 members (excludes halogenated alkanes) is 2. The molecule has 1 amide bonds. The highest BCUT2D eigenvalue weighted by Crippen LogP contribution is 2.31. The molecule has 2 fully saturated rings. The topological polar surface area (TPSA) is 120 Å². The van der Waals surface area contributed by atoms with Gasteiger partial charge in [0, 0.05) is 45.1 Å². The van der Waals surface area contributed by atoms with Crippen LogP contribution in [0.3, 0.4) is 0 Å². The summed E-state index contributed by atoms with van der Waals surface area (Å²) in [6.07, 6.45) is 1.54. The van der Waals surface area contributed by atoms with E-state index in [2.05, 4.69) is 0 Å². The molecule has 4 N–H and O–H groups in total. The molecule has 1 aliphatic carbocycles. The van der Waals surface area contributed by atoms with E-state index in [1.807, 2.05) is 6.92 Å². The quantitative estimate of drug-likeness (QED) is 0.376. The van der Waals surface area contributed by atoms with Crippen LogP contribution >= 0.6 is 0 Å². The van der Waals surface area contributed by atoms with Gasteiger partial charge in [0.2, 0.25) is 5.91 Å². The maximum absolute atomic E-state index is 12.4. The highest BCUT2D eigenvalue weighted by Gasteiger charge is 2.41. The van der Waals surface area contributed by atoms with E-state index in [0.717, 1.165) is 19.3 Å². The van der Waals surface area contributed by atoms with Gasteiger partial charge < -0.3 is 34.8 Å². The molecule has 0 spiro atoms. The normalized spacial score (nSPS) is 36.1. The number of hydrogen-bond donors (Lipinski definition) is 4. The molecular weight excluding hydrogens is 366 g/mol. The summed E-state index contributed by atoms with van der Waals surface area (Å²) in [7, 11) is 1.60. The van der Waals surface area contributed by atoms with Gasteiger partial charge in [-0.15, -0.1) is 0 Å². The number of aliphatic hydroxyl groups is 4. The summed E-state index contributed by atoms with van der Waals surface area (Å²) in [4.78, 5) is 14.1. The average Bonchev–Trinajstić information content (AvgIpc) is 3.04. The molecule has 28 heavy (non-hydrogen) atoms. The van der Waals surface area contributed by atoms with Crippen LogP contribution in [0, 0.1) is 11.8 Å². The molecule has 2 rings (SSSR count). The van der Waals surface area contributed by atoms with Crippen LogP contribution in [0.5, 0.6) is 0 Å². The number of β-amino-alcohol motifs (C(OH)–C–C–N with tert-alkyl or cyclic N) is 1. The maximum Gasteiger partial charge on any atom is 0.222 e. The van der Waals surface area contributed by atoms with Crippen molar-refractivity contribution in [3.63, 3.8) is 0 Å². The number of likely N-dealkylation sites (tertiary alicyclic amines) is 1. The van der Waals surface area contributed by atoms with E-state index in [1.165, 1.54) is 0 Å². The summed E-state index contributed by atoms with van der Waals surface area (Å²) in [6, 6.07) is -0.0372. The largest absolute Gasteiger partial charge is 0.396 e. The first-order valence-corrected chi connectivity index (χ1v) is 10.4. The van der Waals surface area contributed by atoms with E-state index in [0.29, 0.717) is 39.0 Å². The molecule has 0 aromatic rings. The first-order valence-electron chi connectivity index (χ1n) is 10.4. The molecule has 8 heteroatoms. The van der Waals surface area contributed by atoms with Crippen LogP contribution in [0.4, 0.5) is 0 Å². The van der Waals surface area contributed by atoms with E-state index in [4.69, 9.17) is 9.47 Å². The highest BCUT2D eigenvalue weighted by molar-refractivity contribution is 5.76. The Morgan fingerprint density at radius 2 is 1.86 bits per heavy atom. The minimum Gasteiger partial charge on any atom is -0.396 e. The molecule has 1 heterocycles. The third-order valence-corrected chi connectivity index (χ3v) is 6.17. The summed E-state index contributed by atoms with van der Waals surface area (Å²) >= 11 is 0. The van der Waals surface area contributed by atoms with Crippen molar-refractivity contribution in [3.05, 3.63) is 0 Å². The lowest BCUT2D eigenvalue weighted by Gasteiger charge is -2.40. The maximum atomic E-state index is 12.4. The Morgan fingerprint density at radius 1 is 1.11 bits per heavy atom. The van der Waals surface area contributed by atoms with Crippen LogP contribution < -0.4 is 0 Å². The molecule has 164 valence electrons. The van der Waals surface area contributed by atoms with Crippen LogP contribution in [0.15, 0.2) is 0 Å².